The maximum atomic E-state index is 13.7. The van der Waals surface area contributed by atoms with Crippen molar-refractivity contribution in [1.29, 1.82) is 0 Å². The summed E-state index contributed by atoms with van der Waals surface area (Å²) >= 11 is 0. The predicted molar refractivity (Wildman–Crippen MR) is 78.4 cm³/mol. The van der Waals surface area contributed by atoms with Gasteiger partial charge in [-0.1, -0.05) is 13.8 Å². The third-order valence-electron chi connectivity index (χ3n) is 3.31. The molecule has 1 atom stereocenters. The first-order valence-corrected chi connectivity index (χ1v) is 7.09. The van der Waals surface area contributed by atoms with Crippen LogP contribution in [0.2, 0.25) is 0 Å². The zero-order chi connectivity index (χ0) is 16.0. The first kappa shape index (κ1) is 17.7. The van der Waals surface area contributed by atoms with Crippen LogP contribution in [0.3, 0.4) is 0 Å². The van der Waals surface area contributed by atoms with Crippen LogP contribution in [0, 0.1) is 17.6 Å². The summed E-state index contributed by atoms with van der Waals surface area (Å²) in [6.07, 6.45) is 0. The molecule has 3 nitrogen and oxygen atoms in total. The Morgan fingerprint density at radius 3 is 2.48 bits per heavy atom. The number of benzene rings is 1. The highest BCUT2D eigenvalue weighted by Crippen LogP contribution is 2.15. The minimum absolute atomic E-state index is 0.0740. The summed E-state index contributed by atoms with van der Waals surface area (Å²) in [5, 5.41) is 0. The van der Waals surface area contributed by atoms with Crippen LogP contribution in [0.25, 0.3) is 0 Å². The topological polar surface area (TPSA) is 29.5 Å². The van der Waals surface area contributed by atoms with Crippen LogP contribution < -0.4 is 0 Å². The maximum absolute atomic E-state index is 13.7. The van der Waals surface area contributed by atoms with Gasteiger partial charge >= 0.3 is 0 Å². The molecule has 0 saturated carbocycles. The van der Waals surface area contributed by atoms with Gasteiger partial charge in [0.15, 0.2) is 5.78 Å². The third-order valence-corrected chi connectivity index (χ3v) is 3.31. The summed E-state index contributed by atoms with van der Waals surface area (Å²) in [5.74, 6) is -1.47. The molecule has 0 radical (unpaired) electrons. The minimum Gasteiger partial charge on any atom is -0.383 e. The number of halogens is 2. The lowest BCUT2D eigenvalue weighted by atomic mass is 10.0. The molecule has 5 heteroatoms. The Labute approximate surface area is 124 Å². The van der Waals surface area contributed by atoms with Gasteiger partial charge in [-0.25, -0.2) is 8.78 Å². The van der Waals surface area contributed by atoms with E-state index in [0.717, 1.165) is 12.1 Å². The molecule has 0 heterocycles. The van der Waals surface area contributed by atoms with E-state index in [4.69, 9.17) is 4.74 Å². The summed E-state index contributed by atoms with van der Waals surface area (Å²) in [7, 11) is 1.60. The van der Waals surface area contributed by atoms with Gasteiger partial charge in [-0.2, -0.15) is 0 Å². The fourth-order valence-electron chi connectivity index (χ4n) is 2.20. The number of nitrogens with zero attached hydrogens (tertiary/aromatic N) is 1. The standard InChI is InChI=1S/C16H23F2NO2/c1-11(2)10-19(7-8-21-4)12(3)16(20)14-6-5-13(17)9-15(14)18/h5-6,9,11-12H,7-8,10H2,1-4H3. The van der Waals surface area contributed by atoms with Gasteiger partial charge in [0.1, 0.15) is 11.6 Å². The minimum atomic E-state index is -0.817. The van der Waals surface area contributed by atoms with Gasteiger partial charge in [-0.15, -0.1) is 0 Å². The first-order chi connectivity index (χ1) is 9.86. The van der Waals surface area contributed by atoms with E-state index in [9.17, 15) is 13.6 Å². The van der Waals surface area contributed by atoms with Gasteiger partial charge in [-0.05, 0) is 25.0 Å². The lowest BCUT2D eigenvalue weighted by Gasteiger charge is -2.29. The predicted octanol–water partition coefficient (Wildman–Crippen LogP) is 3.14. The number of carbonyl (C=O) groups excluding carboxylic acids is 1. The van der Waals surface area contributed by atoms with Crippen molar-refractivity contribution < 1.29 is 18.3 Å². The highest BCUT2D eigenvalue weighted by Gasteiger charge is 2.25. The number of hydrogen-bond acceptors (Lipinski definition) is 3. The second kappa shape index (κ2) is 8.20. The second-order valence-electron chi connectivity index (χ2n) is 5.55. The van der Waals surface area contributed by atoms with Crippen molar-refractivity contribution in [3.63, 3.8) is 0 Å². The van der Waals surface area contributed by atoms with E-state index >= 15 is 0 Å². The van der Waals surface area contributed by atoms with Crippen molar-refractivity contribution >= 4 is 5.78 Å². The van der Waals surface area contributed by atoms with Crippen LogP contribution in [-0.2, 0) is 4.74 Å². The molecule has 0 spiro atoms. The number of hydrogen-bond donors (Lipinski definition) is 0. The smallest absolute Gasteiger partial charge is 0.182 e. The van der Waals surface area contributed by atoms with Gasteiger partial charge in [0.25, 0.3) is 0 Å². The molecule has 1 unspecified atom stereocenters. The van der Waals surface area contributed by atoms with Gasteiger partial charge in [0.2, 0.25) is 0 Å². The molecule has 0 aliphatic rings. The van der Waals surface area contributed by atoms with Crippen molar-refractivity contribution in [2.75, 3.05) is 26.8 Å². The monoisotopic (exact) mass is 299 g/mol. The Hall–Kier alpha value is -1.33. The number of ketones is 1. The van der Waals surface area contributed by atoms with E-state index in [-0.39, 0.29) is 11.3 Å². The number of Topliss-reactive ketones (excluding diaryl/α,β-unsaturated/α-hetero) is 1. The third kappa shape index (κ3) is 5.17. The SMILES string of the molecule is COCCN(CC(C)C)C(C)C(=O)c1ccc(F)cc1F. The largest absolute Gasteiger partial charge is 0.383 e. The van der Waals surface area contributed by atoms with Crippen LogP contribution in [0.15, 0.2) is 18.2 Å². The van der Waals surface area contributed by atoms with Gasteiger partial charge in [0.05, 0.1) is 18.2 Å². The van der Waals surface area contributed by atoms with Gasteiger partial charge in [0, 0.05) is 26.3 Å². The molecule has 0 N–H and O–H groups in total. The molecule has 118 valence electrons. The normalized spacial score (nSPS) is 13.0. The number of rotatable bonds is 8. The molecular formula is C16H23F2NO2. The van der Waals surface area contributed by atoms with Gasteiger partial charge in [-0.3, -0.25) is 9.69 Å². The molecule has 1 aromatic carbocycles. The highest BCUT2D eigenvalue weighted by atomic mass is 19.1. The molecule has 0 bridgehead atoms. The first-order valence-electron chi connectivity index (χ1n) is 7.09. The Morgan fingerprint density at radius 1 is 1.29 bits per heavy atom. The van der Waals surface area contributed by atoms with E-state index in [0.29, 0.717) is 25.6 Å². The molecule has 0 amide bonds. The Morgan fingerprint density at radius 2 is 1.95 bits per heavy atom. The zero-order valence-corrected chi connectivity index (χ0v) is 13.0. The zero-order valence-electron chi connectivity index (χ0n) is 13.0. The fourth-order valence-corrected chi connectivity index (χ4v) is 2.20. The van der Waals surface area contributed by atoms with E-state index in [1.165, 1.54) is 6.07 Å². The molecule has 0 aromatic heterocycles. The molecule has 0 fully saturated rings. The lowest BCUT2D eigenvalue weighted by molar-refractivity contribution is 0.0746. The number of methoxy groups -OCH3 is 1. The van der Waals surface area contributed by atoms with Gasteiger partial charge < -0.3 is 4.74 Å². The molecule has 1 aromatic rings. The Balaban J connectivity index is 2.90. The fraction of sp³-hybridized carbons (Fsp3) is 0.562. The molecule has 1 rings (SSSR count). The van der Waals surface area contributed by atoms with E-state index in [2.05, 4.69) is 13.8 Å². The molecular weight excluding hydrogens is 276 g/mol. The number of ether oxygens (including phenoxy) is 1. The van der Waals surface area contributed by atoms with Crippen molar-refractivity contribution in [1.82, 2.24) is 4.90 Å². The van der Waals surface area contributed by atoms with Crippen LogP contribution in [0.4, 0.5) is 8.78 Å². The quantitative estimate of drug-likeness (QED) is 0.691. The molecule has 0 aliphatic heterocycles. The van der Waals surface area contributed by atoms with Crippen molar-refractivity contribution in [2.24, 2.45) is 5.92 Å². The molecule has 0 aliphatic carbocycles. The van der Waals surface area contributed by atoms with Crippen molar-refractivity contribution in [3.05, 3.63) is 35.4 Å². The lowest BCUT2D eigenvalue weighted by Crippen LogP contribution is -2.43. The summed E-state index contributed by atoms with van der Waals surface area (Å²) in [6.45, 7) is 7.63. The highest BCUT2D eigenvalue weighted by molar-refractivity contribution is 6.00. The maximum Gasteiger partial charge on any atom is 0.182 e. The van der Waals surface area contributed by atoms with Crippen LogP contribution in [0.5, 0.6) is 0 Å². The summed E-state index contributed by atoms with van der Waals surface area (Å²) in [6, 6.07) is 2.56. The molecule has 0 saturated heterocycles. The summed E-state index contributed by atoms with van der Waals surface area (Å²) in [5.41, 5.74) is -0.0740. The van der Waals surface area contributed by atoms with Crippen LogP contribution >= 0.6 is 0 Å². The van der Waals surface area contributed by atoms with Crippen molar-refractivity contribution in [2.45, 2.75) is 26.8 Å². The Kier molecular flexibility index (Phi) is 6.92. The van der Waals surface area contributed by atoms with Crippen molar-refractivity contribution in [3.8, 4) is 0 Å². The number of carbonyl (C=O) groups is 1. The Bertz CT molecular complexity index is 477. The average molecular weight is 299 g/mol. The summed E-state index contributed by atoms with van der Waals surface area (Å²) < 4.78 is 31.7. The van der Waals surface area contributed by atoms with Crippen LogP contribution in [-0.4, -0.2) is 43.5 Å². The average Bonchev–Trinajstić information content (AvgIpc) is 2.41. The molecule has 21 heavy (non-hydrogen) atoms. The van der Waals surface area contributed by atoms with Crippen LogP contribution in [0.1, 0.15) is 31.1 Å². The summed E-state index contributed by atoms with van der Waals surface area (Å²) in [4.78, 5) is 14.4. The van der Waals surface area contributed by atoms with E-state index < -0.39 is 17.7 Å². The van der Waals surface area contributed by atoms with E-state index in [1.54, 1.807) is 14.0 Å². The second-order valence-corrected chi connectivity index (χ2v) is 5.55. The van der Waals surface area contributed by atoms with E-state index in [1.807, 2.05) is 4.90 Å².